The zero-order chi connectivity index (χ0) is 20.9. The molecule has 6 nitrogen and oxygen atoms in total. The van der Waals surface area contributed by atoms with E-state index in [2.05, 4.69) is 21.5 Å². The van der Waals surface area contributed by atoms with E-state index < -0.39 is 0 Å². The highest BCUT2D eigenvalue weighted by Crippen LogP contribution is 2.27. The first-order valence-corrected chi connectivity index (χ1v) is 9.50. The molecule has 0 aliphatic heterocycles. The van der Waals surface area contributed by atoms with Crippen molar-refractivity contribution in [2.45, 2.75) is 12.8 Å². The maximum absolute atomic E-state index is 5.38. The topological polar surface area (TPSA) is 64.1 Å². The van der Waals surface area contributed by atoms with Crippen LogP contribution in [-0.2, 0) is 12.8 Å². The molecule has 154 valence electrons. The first-order valence-electron chi connectivity index (χ1n) is 9.50. The van der Waals surface area contributed by atoms with Gasteiger partial charge in [-0.3, -0.25) is 4.99 Å². The van der Waals surface area contributed by atoms with E-state index >= 15 is 0 Å². The lowest BCUT2D eigenvalue weighted by molar-refractivity contribution is 0.354. The second-order valence-electron chi connectivity index (χ2n) is 6.25. The summed E-state index contributed by atoms with van der Waals surface area (Å²) in [5.41, 5.74) is 2.38. The molecule has 0 amide bonds. The number of nitrogens with one attached hydrogen (secondary N) is 2. The van der Waals surface area contributed by atoms with Crippen LogP contribution in [0, 0.1) is 12.3 Å². The van der Waals surface area contributed by atoms with E-state index in [0.717, 1.165) is 54.7 Å². The normalized spacial score (nSPS) is 10.8. The largest absolute Gasteiger partial charge is 0.493 e. The molecule has 0 spiro atoms. The third-order valence-electron chi connectivity index (χ3n) is 4.33. The summed E-state index contributed by atoms with van der Waals surface area (Å²) >= 11 is 0. The molecule has 0 aliphatic rings. The van der Waals surface area contributed by atoms with Crippen molar-refractivity contribution in [3.63, 3.8) is 0 Å². The van der Waals surface area contributed by atoms with Crippen molar-refractivity contribution in [2.24, 2.45) is 4.99 Å². The number of nitrogens with zero attached hydrogens (tertiary/aromatic N) is 1. The number of terminal acetylenes is 1. The lowest BCUT2D eigenvalue weighted by Gasteiger charge is -2.13. The van der Waals surface area contributed by atoms with Gasteiger partial charge in [-0.1, -0.05) is 24.1 Å². The molecule has 2 aromatic rings. The number of hydrogen-bond acceptors (Lipinski definition) is 4. The van der Waals surface area contributed by atoms with Gasteiger partial charge in [-0.05, 0) is 48.2 Å². The Hall–Kier alpha value is -3.33. The second-order valence-corrected chi connectivity index (χ2v) is 6.25. The third kappa shape index (κ3) is 7.30. The molecule has 0 aliphatic carbocycles. The Bertz CT molecular complexity index is 826. The van der Waals surface area contributed by atoms with Crippen LogP contribution in [0.15, 0.2) is 47.5 Å². The minimum atomic E-state index is 0.284. The van der Waals surface area contributed by atoms with Crippen molar-refractivity contribution >= 4 is 5.96 Å². The maximum atomic E-state index is 5.38. The van der Waals surface area contributed by atoms with E-state index in [-0.39, 0.29) is 6.61 Å². The molecule has 0 radical (unpaired) electrons. The van der Waals surface area contributed by atoms with Gasteiger partial charge in [-0.15, -0.1) is 6.42 Å². The zero-order valence-electron chi connectivity index (χ0n) is 17.3. The highest BCUT2D eigenvalue weighted by Gasteiger charge is 2.05. The van der Waals surface area contributed by atoms with Crippen molar-refractivity contribution in [3.8, 4) is 29.6 Å². The van der Waals surface area contributed by atoms with E-state index in [9.17, 15) is 0 Å². The molecule has 0 atom stereocenters. The molecule has 0 fully saturated rings. The monoisotopic (exact) mass is 395 g/mol. The lowest BCUT2D eigenvalue weighted by atomic mass is 10.1. The number of aliphatic imine (C=N–C) groups is 1. The highest BCUT2D eigenvalue weighted by molar-refractivity contribution is 5.79. The molecular weight excluding hydrogens is 366 g/mol. The van der Waals surface area contributed by atoms with Crippen molar-refractivity contribution in [3.05, 3.63) is 53.6 Å². The van der Waals surface area contributed by atoms with E-state index in [4.69, 9.17) is 20.6 Å². The number of methoxy groups -OCH3 is 2. The number of guanidine groups is 1. The van der Waals surface area contributed by atoms with Crippen molar-refractivity contribution < 1.29 is 14.2 Å². The fourth-order valence-electron chi connectivity index (χ4n) is 2.78. The number of ether oxygens (including phenoxy) is 3. The molecule has 0 bridgehead atoms. The quantitative estimate of drug-likeness (QED) is 0.368. The van der Waals surface area contributed by atoms with Crippen LogP contribution < -0.4 is 24.8 Å². The summed E-state index contributed by atoms with van der Waals surface area (Å²) in [5.74, 6) is 5.49. The van der Waals surface area contributed by atoms with Crippen LogP contribution in [0.4, 0.5) is 0 Å². The molecule has 2 aromatic carbocycles. The standard InChI is InChI=1S/C23H29N3O3/c1-5-16-29-20-9-6-18(7-10-20)12-14-25-23(24-2)26-15-13-19-8-11-21(27-3)22(17-19)28-4/h1,6-11,17H,12-16H2,2-4H3,(H2,24,25,26). The predicted molar refractivity (Wildman–Crippen MR) is 117 cm³/mol. The molecule has 0 saturated heterocycles. The fourth-order valence-corrected chi connectivity index (χ4v) is 2.78. The van der Waals surface area contributed by atoms with Crippen LogP contribution in [-0.4, -0.2) is 46.9 Å². The van der Waals surface area contributed by atoms with Gasteiger partial charge in [-0.2, -0.15) is 0 Å². The summed E-state index contributed by atoms with van der Waals surface area (Å²) in [6.07, 6.45) is 6.92. The predicted octanol–water partition coefficient (Wildman–Crippen LogP) is 2.67. The van der Waals surface area contributed by atoms with Gasteiger partial charge in [0.2, 0.25) is 0 Å². The summed E-state index contributed by atoms with van der Waals surface area (Å²) in [7, 11) is 5.04. The average Bonchev–Trinajstić information content (AvgIpc) is 2.77. The van der Waals surface area contributed by atoms with Gasteiger partial charge >= 0.3 is 0 Å². The first kappa shape index (κ1) is 22.0. The van der Waals surface area contributed by atoms with Gasteiger partial charge in [0.1, 0.15) is 12.4 Å². The van der Waals surface area contributed by atoms with Crippen LogP contribution in [0.25, 0.3) is 0 Å². The minimum Gasteiger partial charge on any atom is -0.493 e. The Labute approximate surface area is 173 Å². The Kier molecular flexibility index (Phi) is 9.23. The molecule has 29 heavy (non-hydrogen) atoms. The number of rotatable bonds is 10. The number of benzene rings is 2. The van der Waals surface area contributed by atoms with Gasteiger partial charge in [0.15, 0.2) is 17.5 Å². The Morgan fingerprint density at radius 3 is 2.14 bits per heavy atom. The van der Waals surface area contributed by atoms with Gasteiger partial charge in [-0.25, -0.2) is 0 Å². The van der Waals surface area contributed by atoms with E-state index in [1.165, 1.54) is 5.56 Å². The highest BCUT2D eigenvalue weighted by atomic mass is 16.5. The molecule has 0 heterocycles. The Morgan fingerprint density at radius 1 is 0.931 bits per heavy atom. The second kappa shape index (κ2) is 12.2. The van der Waals surface area contributed by atoms with Crippen molar-refractivity contribution in [1.29, 1.82) is 0 Å². The van der Waals surface area contributed by atoms with E-state index in [1.807, 2.05) is 42.5 Å². The summed E-state index contributed by atoms with van der Waals surface area (Å²) in [6, 6.07) is 13.9. The van der Waals surface area contributed by atoms with Crippen LogP contribution >= 0.6 is 0 Å². The number of hydrogen-bond donors (Lipinski definition) is 2. The maximum Gasteiger partial charge on any atom is 0.190 e. The molecule has 2 N–H and O–H groups in total. The molecule has 0 unspecified atom stereocenters. The van der Waals surface area contributed by atoms with E-state index in [1.54, 1.807) is 21.3 Å². The fraction of sp³-hybridized carbons (Fsp3) is 0.348. The molecule has 6 heteroatoms. The average molecular weight is 396 g/mol. The van der Waals surface area contributed by atoms with Crippen LogP contribution in [0.2, 0.25) is 0 Å². The summed E-state index contributed by atoms with van der Waals surface area (Å²) in [5, 5.41) is 6.66. The van der Waals surface area contributed by atoms with Crippen molar-refractivity contribution in [1.82, 2.24) is 10.6 Å². The first-order chi connectivity index (χ1) is 14.2. The molecular formula is C23H29N3O3. The molecule has 0 aromatic heterocycles. The SMILES string of the molecule is C#CCOc1ccc(CCNC(=NC)NCCc2ccc(OC)c(OC)c2)cc1. The van der Waals surface area contributed by atoms with Crippen LogP contribution in [0.1, 0.15) is 11.1 Å². The van der Waals surface area contributed by atoms with Gasteiger partial charge in [0, 0.05) is 20.1 Å². The van der Waals surface area contributed by atoms with E-state index in [0.29, 0.717) is 0 Å². The summed E-state index contributed by atoms with van der Waals surface area (Å²) in [6.45, 7) is 1.82. The smallest absolute Gasteiger partial charge is 0.190 e. The summed E-state index contributed by atoms with van der Waals surface area (Å²) < 4.78 is 16.0. The van der Waals surface area contributed by atoms with Gasteiger partial charge in [0.25, 0.3) is 0 Å². The van der Waals surface area contributed by atoms with Gasteiger partial charge in [0.05, 0.1) is 14.2 Å². The summed E-state index contributed by atoms with van der Waals surface area (Å²) in [4.78, 5) is 4.27. The Morgan fingerprint density at radius 2 is 1.55 bits per heavy atom. The molecule has 0 saturated carbocycles. The van der Waals surface area contributed by atoms with Crippen molar-refractivity contribution in [2.75, 3.05) is 41.0 Å². The van der Waals surface area contributed by atoms with Gasteiger partial charge < -0.3 is 24.8 Å². The Balaban J connectivity index is 1.73. The zero-order valence-corrected chi connectivity index (χ0v) is 17.3. The van der Waals surface area contributed by atoms with Crippen LogP contribution in [0.5, 0.6) is 17.2 Å². The molecule has 2 rings (SSSR count). The third-order valence-corrected chi connectivity index (χ3v) is 4.33. The minimum absolute atomic E-state index is 0.284. The lowest BCUT2D eigenvalue weighted by Crippen LogP contribution is -2.39. The van der Waals surface area contributed by atoms with Crippen LogP contribution in [0.3, 0.4) is 0 Å².